The number of methoxy groups -OCH3 is 1. The summed E-state index contributed by atoms with van der Waals surface area (Å²) in [5.74, 6) is -0.854. The third-order valence-corrected chi connectivity index (χ3v) is 6.85. The van der Waals surface area contributed by atoms with Gasteiger partial charge >= 0.3 is 5.97 Å². The van der Waals surface area contributed by atoms with E-state index in [9.17, 15) is 23.0 Å². The summed E-state index contributed by atoms with van der Waals surface area (Å²) in [7, 11) is -3.55. The normalized spacial score (nSPS) is 11.8. The Morgan fingerprint density at radius 2 is 1.76 bits per heavy atom. The van der Waals surface area contributed by atoms with E-state index in [2.05, 4.69) is 20.8 Å². The number of nitrogens with two attached hydrogens (primary N) is 1. The van der Waals surface area contributed by atoms with E-state index in [-0.39, 0.29) is 28.0 Å². The van der Waals surface area contributed by atoms with Gasteiger partial charge in [-0.2, -0.15) is 13.7 Å². The minimum atomic E-state index is -4.69. The van der Waals surface area contributed by atoms with Crippen molar-refractivity contribution in [1.29, 1.82) is 5.26 Å². The van der Waals surface area contributed by atoms with Crippen LogP contribution in [0.5, 0.6) is 0 Å². The summed E-state index contributed by atoms with van der Waals surface area (Å²) in [5.41, 5.74) is 6.63. The predicted molar refractivity (Wildman–Crippen MR) is 125 cm³/mol. The first kappa shape index (κ1) is 24.4. The number of hydrogen-bond donors (Lipinski definition) is 2. The van der Waals surface area contributed by atoms with Crippen molar-refractivity contribution in [3.8, 4) is 11.8 Å². The number of hydrogen-bond acceptors (Lipinski definition) is 7. The third kappa shape index (κ3) is 5.06. The van der Waals surface area contributed by atoms with Gasteiger partial charge in [-0.15, -0.1) is 0 Å². The van der Waals surface area contributed by atoms with E-state index in [1.54, 1.807) is 6.07 Å². The Bertz CT molecular complexity index is 1360. The van der Waals surface area contributed by atoms with Crippen LogP contribution in [0.3, 0.4) is 0 Å². The molecule has 3 aromatic rings. The molecule has 8 nitrogen and oxygen atoms in total. The van der Waals surface area contributed by atoms with Gasteiger partial charge in [0.05, 0.1) is 24.0 Å². The average molecular weight is 486 g/mol. The molecule has 0 aliphatic rings. The second-order valence-corrected chi connectivity index (χ2v) is 10.8. The van der Waals surface area contributed by atoms with Gasteiger partial charge in [0.2, 0.25) is 0 Å². The summed E-state index contributed by atoms with van der Waals surface area (Å²) in [5, 5.41) is 9.30. The molecular weight excluding hydrogens is 462 g/mol. The molecule has 33 heavy (non-hydrogen) atoms. The van der Waals surface area contributed by atoms with Crippen molar-refractivity contribution in [2.24, 2.45) is 0 Å². The highest BCUT2D eigenvalue weighted by Gasteiger charge is 2.26. The standard InChI is InChI=1S/C23H23N3O5S2/c1-23(2,3)15-5-7-16(8-6-15)32-17-9-10-18(19(11-17)33(28,29)30)26-13-14(12-24)20(25)21(26)22(27)31-4/h5-11,13H,25H2,1-4H3,(H,28,29,30). The molecular formula is C23H23N3O5S2. The zero-order valence-electron chi connectivity index (χ0n) is 18.5. The first-order valence-electron chi connectivity index (χ1n) is 9.76. The maximum absolute atomic E-state index is 12.3. The van der Waals surface area contributed by atoms with Crippen LogP contribution in [0.1, 0.15) is 42.4 Å². The molecule has 0 saturated heterocycles. The van der Waals surface area contributed by atoms with Gasteiger partial charge in [-0.25, -0.2) is 4.79 Å². The summed E-state index contributed by atoms with van der Waals surface area (Å²) in [6.07, 6.45) is 1.23. The molecule has 0 amide bonds. The van der Waals surface area contributed by atoms with Crippen molar-refractivity contribution in [2.75, 3.05) is 12.8 Å². The van der Waals surface area contributed by atoms with Crippen LogP contribution < -0.4 is 5.73 Å². The highest BCUT2D eigenvalue weighted by Crippen LogP contribution is 2.35. The van der Waals surface area contributed by atoms with Gasteiger partial charge in [0.25, 0.3) is 10.1 Å². The lowest BCUT2D eigenvalue weighted by molar-refractivity contribution is 0.0592. The number of anilines is 1. The molecule has 0 bridgehead atoms. The van der Waals surface area contributed by atoms with E-state index in [4.69, 9.17) is 10.5 Å². The van der Waals surface area contributed by atoms with Crippen LogP contribution in [0.25, 0.3) is 5.69 Å². The fourth-order valence-corrected chi connectivity index (χ4v) is 4.87. The number of aromatic nitrogens is 1. The van der Waals surface area contributed by atoms with Gasteiger partial charge in [-0.05, 0) is 41.3 Å². The van der Waals surface area contributed by atoms with Crippen molar-refractivity contribution >= 4 is 33.5 Å². The molecule has 0 saturated carbocycles. The SMILES string of the molecule is COC(=O)c1c(N)c(C#N)cn1-c1ccc(Sc2ccc(C(C)(C)C)cc2)cc1S(=O)(=O)O. The average Bonchev–Trinajstić information content (AvgIpc) is 3.08. The van der Waals surface area contributed by atoms with Crippen LogP contribution in [-0.2, 0) is 20.3 Å². The molecule has 0 fully saturated rings. The molecule has 3 rings (SSSR count). The molecule has 172 valence electrons. The summed E-state index contributed by atoms with van der Waals surface area (Å²) in [6.45, 7) is 6.34. The number of ether oxygens (including phenoxy) is 1. The molecule has 1 heterocycles. The number of carbonyl (C=O) groups excluding carboxylic acids is 1. The number of nitriles is 1. The second kappa shape index (κ2) is 8.94. The highest BCUT2D eigenvalue weighted by molar-refractivity contribution is 7.99. The quantitative estimate of drug-likeness (QED) is 0.401. The van der Waals surface area contributed by atoms with E-state index in [0.29, 0.717) is 4.90 Å². The van der Waals surface area contributed by atoms with E-state index in [1.807, 2.05) is 30.3 Å². The Morgan fingerprint density at radius 1 is 1.15 bits per heavy atom. The molecule has 0 atom stereocenters. The number of esters is 1. The lowest BCUT2D eigenvalue weighted by Crippen LogP contribution is -2.13. The minimum absolute atomic E-state index is 0.00121. The molecule has 0 spiro atoms. The molecule has 0 aliphatic carbocycles. The monoisotopic (exact) mass is 485 g/mol. The van der Waals surface area contributed by atoms with E-state index < -0.39 is 21.0 Å². The van der Waals surface area contributed by atoms with Crippen molar-refractivity contribution in [3.05, 3.63) is 65.5 Å². The zero-order chi connectivity index (χ0) is 24.6. The molecule has 0 unspecified atom stereocenters. The van der Waals surface area contributed by atoms with Gasteiger partial charge in [0.15, 0.2) is 5.69 Å². The topological polar surface area (TPSA) is 135 Å². The van der Waals surface area contributed by atoms with Gasteiger partial charge in [0, 0.05) is 16.0 Å². The number of benzene rings is 2. The highest BCUT2D eigenvalue weighted by atomic mass is 32.2. The molecule has 1 aromatic heterocycles. The number of carbonyl (C=O) groups is 1. The van der Waals surface area contributed by atoms with Crippen molar-refractivity contribution < 1.29 is 22.5 Å². The van der Waals surface area contributed by atoms with Crippen LogP contribution >= 0.6 is 11.8 Å². The summed E-state index contributed by atoms with van der Waals surface area (Å²) >= 11 is 1.32. The number of nitrogens with zero attached hydrogens (tertiary/aromatic N) is 2. The molecule has 3 N–H and O–H groups in total. The molecule has 0 aliphatic heterocycles. The van der Waals surface area contributed by atoms with Crippen LogP contribution in [0, 0.1) is 11.3 Å². The molecule has 10 heteroatoms. The van der Waals surface area contributed by atoms with Crippen molar-refractivity contribution in [2.45, 2.75) is 40.9 Å². The van der Waals surface area contributed by atoms with Gasteiger partial charge < -0.3 is 15.0 Å². The van der Waals surface area contributed by atoms with E-state index >= 15 is 0 Å². The maximum Gasteiger partial charge on any atom is 0.357 e. The number of nitrogen functional groups attached to an aromatic ring is 1. The van der Waals surface area contributed by atoms with Gasteiger partial charge in [-0.3, -0.25) is 4.55 Å². The summed E-state index contributed by atoms with van der Waals surface area (Å²) in [6, 6.07) is 14.1. The smallest absolute Gasteiger partial charge is 0.357 e. The fraction of sp³-hybridized carbons (Fsp3) is 0.217. The third-order valence-electron chi connectivity index (χ3n) is 4.97. The van der Waals surface area contributed by atoms with Crippen LogP contribution in [0.4, 0.5) is 5.69 Å². The first-order valence-corrected chi connectivity index (χ1v) is 12.0. The molecule has 2 aromatic carbocycles. The van der Waals surface area contributed by atoms with Gasteiger partial charge in [0.1, 0.15) is 11.0 Å². The second-order valence-electron chi connectivity index (χ2n) is 8.26. The first-order chi connectivity index (χ1) is 15.4. The predicted octanol–water partition coefficient (Wildman–Crippen LogP) is 4.41. The summed E-state index contributed by atoms with van der Waals surface area (Å²) in [4.78, 5) is 13.3. The maximum atomic E-state index is 12.3. The van der Waals surface area contributed by atoms with Gasteiger partial charge in [-0.1, -0.05) is 44.7 Å². The van der Waals surface area contributed by atoms with E-state index in [0.717, 1.165) is 22.1 Å². The zero-order valence-corrected chi connectivity index (χ0v) is 20.1. The Kier molecular flexibility index (Phi) is 6.61. The molecule has 0 radical (unpaired) electrons. The summed E-state index contributed by atoms with van der Waals surface area (Å²) < 4.78 is 40.2. The van der Waals surface area contributed by atoms with Crippen LogP contribution in [0.2, 0.25) is 0 Å². The Morgan fingerprint density at radius 3 is 2.27 bits per heavy atom. The number of rotatable bonds is 5. The van der Waals surface area contributed by atoms with E-state index in [1.165, 1.54) is 30.1 Å². The lowest BCUT2D eigenvalue weighted by Gasteiger charge is -2.19. The largest absolute Gasteiger partial charge is 0.464 e. The Labute approximate surface area is 196 Å². The van der Waals surface area contributed by atoms with Crippen molar-refractivity contribution in [3.63, 3.8) is 0 Å². The van der Waals surface area contributed by atoms with Crippen molar-refractivity contribution in [1.82, 2.24) is 4.57 Å². The fourth-order valence-electron chi connectivity index (χ4n) is 3.23. The Hall–Kier alpha value is -3.26. The van der Waals surface area contributed by atoms with Crippen LogP contribution in [0.15, 0.2) is 63.3 Å². The minimum Gasteiger partial charge on any atom is -0.464 e. The Balaban J connectivity index is 2.11. The van der Waals surface area contributed by atoms with Crippen LogP contribution in [-0.4, -0.2) is 30.6 Å². The lowest BCUT2D eigenvalue weighted by atomic mass is 9.87.